The Balaban J connectivity index is 2.45. The first-order chi connectivity index (χ1) is 5.86. The van der Waals surface area contributed by atoms with Crippen molar-refractivity contribution >= 4 is 0 Å². The Morgan fingerprint density at radius 3 is 2.92 bits per heavy atom. The summed E-state index contributed by atoms with van der Waals surface area (Å²) >= 11 is 0. The molecular formula is C9H8N3. The van der Waals surface area contributed by atoms with Crippen LogP contribution in [0.5, 0.6) is 0 Å². The molecule has 3 heteroatoms. The lowest BCUT2D eigenvalue weighted by molar-refractivity contribution is 0.831. The van der Waals surface area contributed by atoms with Crippen molar-refractivity contribution in [3.8, 4) is 5.82 Å². The summed E-state index contributed by atoms with van der Waals surface area (Å²) < 4.78 is 1.73. The zero-order valence-electron chi connectivity index (χ0n) is 6.73. The van der Waals surface area contributed by atoms with Gasteiger partial charge in [-0.2, -0.15) is 5.10 Å². The standard InChI is InChI=1S/C9H8N3/c1-8-5-7-12(11-8)9-4-2-3-6-10-9/h2-5,7H,1H3. The highest BCUT2D eigenvalue weighted by Crippen LogP contribution is 2.01. The molecule has 2 aromatic rings. The molecule has 0 N–H and O–H groups in total. The number of aromatic nitrogens is 3. The molecule has 0 aliphatic carbocycles. The molecule has 0 aliphatic heterocycles. The molecule has 2 heterocycles. The van der Waals surface area contributed by atoms with Crippen LogP contribution in [0.4, 0.5) is 0 Å². The molecule has 59 valence electrons. The van der Waals surface area contributed by atoms with E-state index in [1.165, 1.54) is 0 Å². The van der Waals surface area contributed by atoms with E-state index < -0.39 is 0 Å². The van der Waals surface area contributed by atoms with E-state index in [4.69, 9.17) is 0 Å². The highest BCUT2D eigenvalue weighted by molar-refractivity contribution is 5.20. The van der Waals surface area contributed by atoms with E-state index in [0.717, 1.165) is 11.5 Å². The molecule has 0 aromatic carbocycles. The van der Waals surface area contributed by atoms with Gasteiger partial charge in [-0.25, -0.2) is 9.67 Å². The quantitative estimate of drug-likeness (QED) is 0.627. The van der Waals surface area contributed by atoms with Gasteiger partial charge < -0.3 is 0 Å². The Bertz CT molecular complexity index is 364. The molecule has 2 rings (SSSR count). The molecule has 0 saturated heterocycles. The van der Waals surface area contributed by atoms with Crippen LogP contribution < -0.4 is 0 Å². The molecule has 0 atom stereocenters. The van der Waals surface area contributed by atoms with Crippen molar-refractivity contribution < 1.29 is 0 Å². The third-order valence-corrected chi connectivity index (χ3v) is 1.55. The number of aryl methyl sites for hydroxylation is 1. The average Bonchev–Trinajstić information content (AvgIpc) is 2.54. The van der Waals surface area contributed by atoms with Gasteiger partial charge in [0.25, 0.3) is 0 Å². The zero-order chi connectivity index (χ0) is 8.39. The molecule has 3 nitrogen and oxygen atoms in total. The van der Waals surface area contributed by atoms with E-state index >= 15 is 0 Å². The van der Waals surface area contributed by atoms with E-state index in [9.17, 15) is 0 Å². The van der Waals surface area contributed by atoms with Crippen LogP contribution in [0, 0.1) is 13.1 Å². The van der Waals surface area contributed by atoms with Crippen LogP contribution in [0.25, 0.3) is 5.82 Å². The van der Waals surface area contributed by atoms with Crippen LogP contribution in [-0.4, -0.2) is 14.8 Å². The van der Waals surface area contributed by atoms with Crippen molar-refractivity contribution in [2.45, 2.75) is 6.92 Å². The minimum Gasteiger partial charge on any atom is -0.227 e. The molecule has 0 unspecified atom stereocenters. The summed E-state index contributed by atoms with van der Waals surface area (Å²) in [6.07, 6.45) is 4.64. The summed E-state index contributed by atoms with van der Waals surface area (Å²) in [5.41, 5.74) is 0.987. The normalized spacial score (nSPS) is 10.1. The number of pyridine rings is 1. The highest BCUT2D eigenvalue weighted by atomic mass is 15.3. The Labute approximate surface area is 70.7 Å². The van der Waals surface area contributed by atoms with E-state index in [2.05, 4.69) is 16.3 Å². The summed E-state index contributed by atoms with van der Waals surface area (Å²) in [6, 6.07) is 7.48. The van der Waals surface area contributed by atoms with Gasteiger partial charge in [0.05, 0.1) is 11.9 Å². The van der Waals surface area contributed by atoms with Gasteiger partial charge in [0, 0.05) is 6.20 Å². The predicted molar refractivity (Wildman–Crippen MR) is 44.9 cm³/mol. The topological polar surface area (TPSA) is 30.7 Å². The van der Waals surface area contributed by atoms with E-state index in [-0.39, 0.29) is 0 Å². The minimum atomic E-state index is 0.797. The fourth-order valence-electron chi connectivity index (χ4n) is 0.988. The Morgan fingerprint density at radius 2 is 2.33 bits per heavy atom. The largest absolute Gasteiger partial charge is 0.227 e. The Morgan fingerprint density at radius 1 is 1.42 bits per heavy atom. The molecule has 0 saturated carbocycles. The maximum Gasteiger partial charge on any atom is 0.154 e. The van der Waals surface area contributed by atoms with Gasteiger partial charge in [0.2, 0.25) is 0 Å². The first kappa shape index (κ1) is 7.03. The monoisotopic (exact) mass is 158 g/mol. The van der Waals surface area contributed by atoms with Crippen LogP contribution in [-0.2, 0) is 0 Å². The van der Waals surface area contributed by atoms with Crippen molar-refractivity contribution in [3.05, 3.63) is 42.4 Å². The lowest BCUT2D eigenvalue weighted by atomic mass is 10.5. The summed E-state index contributed by atoms with van der Waals surface area (Å²) in [4.78, 5) is 4.04. The summed E-state index contributed by atoms with van der Waals surface area (Å²) in [7, 11) is 0. The number of nitrogens with zero attached hydrogens (tertiary/aromatic N) is 3. The van der Waals surface area contributed by atoms with E-state index in [1.54, 1.807) is 10.7 Å². The molecule has 0 spiro atoms. The van der Waals surface area contributed by atoms with Crippen molar-refractivity contribution in [1.29, 1.82) is 0 Å². The third-order valence-electron chi connectivity index (χ3n) is 1.55. The smallest absolute Gasteiger partial charge is 0.154 e. The molecule has 1 radical (unpaired) electrons. The van der Waals surface area contributed by atoms with Crippen molar-refractivity contribution in [1.82, 2.24) is 14.8 Å². The lowest BCUT2D eigenvalue weighted by Gasteiger charge is -1.96. The van der Waals surface area contributed by atoms with Gasteiger partial charge in [-0.15, -0.1) is 0 Å². The van der Waals surface area contributed by atoms with Gasteiger partial charge in [0.15, 0.2) is 5.82 Å². The van der Waals surface area contributed by atoms with Crippen molar-refractivity contribution in [2.75, 3.05) is 0 Å². The maximum absolute atomic E-state index is 4.22. The summed E-state index contributed by atoms with van der Waals surface area (Å²) in [5, 5.41) is 4.22. The van der Waals surface area contributed by atoms with Gasteiger partial charge in [-0.3, -0.25) is 0 Å². The molecule has 0 fully saturated rings. The van der Waals surface area contributed by atoms with Crippen LogP contribution in [0.2, 0.25) is 0 Å². The highest BCUT2D eigenvalue weighted by Gasteiger charge is 1.96. The van der Waals surface area contributed by atoms with E-state index in [0.29, 0.717) is 0 Å². The minimum absolute atomic E-state index is 0.797. The van der Waals surface area contributed by atoms with Crippen LogP contribution in [0.1, 0.15) is 5.69 Å². The van der Waals surface area contributed by atoms with Crippen molar-refractivity contribution in [3.63, 3.8) is 0 Å². The fraction of sp³-hybridized carbons (Fsp3) is 0.111. The number of rotatable bonds is 1. The van der Waals surface area contributed by atoms with Crippen LogP contribution in [0.15, 0.2) is 30.5 Å². The number of hydrogen-bond donors (Lipinski definition) is 0. The van der Waals surface area contributed by atoms with Crippen LogP contribution >= 0.6 is 0 Å². The van der Waals surface area contributed by atoms with Gasteiger partial charge in [0.1, 0.15) is 0 Å². The van der Waals surface area contributed by atoms with E-state index in [1.807, 2.05) is 31.3 Å². The maximum atomic E-state index is 4.22. The Kier molecular flexibility index (Phi) is 1.63. The molecule has 0 aliphatic rings. The van der Waals surface area contributed by atoms with Gasteiger partial charge >= 0.3 is 0 Å². The summed E-state index contributed by atoms with van der Waals surface area (Å²) in [6.45, 7) is 1.95. The average molecular weight is 158 g/mol. The second kappa shape index (κ2) is 2.77. The lowest BCUT2D eigenvalue weighted by Crippen LogP contribution is -1.96. The zero-order valence-corrected chi connectivity index (χ0v) is 6.73. The second-order valence-electron chi connectivity index (χ2n) is 2.53. The SMILES string of the molecule is Cc1ccn(-c2ccc[c]n2)n1. The molecule has 0 amide bonds. The summed E-state index contributed by atoms with van der Waals surface area (Å²) in [5.74, 6) is 0.797. The van der Waals surface area contributed by atoms with Gasteiger partial charge in [-0.05, 0) is 25.1 Å². The predicted octanol–water partition coefficient (Wildman–Crippen LogP) is 1.38. The second-order valence-corrected chi connectivity index (χ2v) is 2.53. The molecular weight excluding hydrogens is 150 g/mol. The molecule has 2 aromatic heterocycles. The molecule has 12 heavy (non-hydrogen) atoms. The Hall–Kier alpha value is -1.64. The first-order valence-corrected chi connectivity index (χ1v) is 3.72. The third kappa shape index (κ3) is 1.21. The van der Waals surface area contributed by atoms with Gasteiger partial charge in [-0.1, -0.05) is 6.07 Å². The fourth-order valence-corrected chi connectivity index (χ4v) is 0.988. The van der Waals surface area contributed by atoms with Crippen LogP contribution in [0.3, 0.4) is 0 Å². The number of hydrogen-bond acceptors (Lipinski definition) is 2. The molecule has 0 bridgehead atoms. The first-order valence-electron chi connectivity index (χ1n) is 3.72. The van der Waals surface area contributed by atoms with Crippen molar-refractivity contribution in [2.24, 2.45) is 0 Å².